The van der Waals surface area contributed by atoms with Gasteiger partial charge in [0.1, 0.15) is 11.6 Å². The van der Waals surface area contributed by atoms with Crippen LogP contribution in [-0.2, 0) is 11.8 Å². The molecule has 0 saturated heterocycles. The van der Waals surface area contributed by atoms with Crippen LogP contribution in [-0.4, -0.2) is 20.2 Å². The summed E-state index contributed by atoms with van der Waals surface area (Å²) in [6.45, 7) is 6.46. The molecular formula is C27H24F2N4O. The molecule has 1 aromatic carbocycles. The monoisotopic (exact) mass is 458 g/mol. The van der Waals surface area contributed by atoms with Crippen molar-refractivity contribution in [2.75, 3.05) is 0 Å². The minimum atomic E-state index is -0.640. The fraction of sp³-hybridized carbons (Fsp3) is 0.333. The lowest BCUT2D eigenvalue weighted by Gasteiger charge is -2.37. The smallest absolute Gasteiger partial charge is 0.194 e. The summed E-state index contributed by atoms with van der Waals surface area (Å²) in [5.74, 6) is 0.309. The Hall–Kier alpha value is -3.48. The Morgan fingerprint density at radius 3 is 2.59 bits per heavy atom. The van der Waals surface area contributed by atoms with E-state index < -0.39 is 17.0 Å². The molecule has 2 atom stereocenters. The SMILES string of the molecule is CCc1ncc(-c2ccnc([C@@]34CC[C@@H](c5cc(-c6c(F)cccc6F)nnc53)C4(C)C)c2)o1. The van der Waals surface area contributed by atoms with Crippen LogP contribution in [0.1, 0.15) is 62.4 Å². The van der Waals surface area contributed by atoms with Crippen molar-refractivity contribution >= 4 is 0 Å². The number of pyridine rings is 1. The molecule has 1 fully saturated rings. The van der Waals surface area contributed by atoms with Crippen molar-refractivity contribution in [3.8, 4) is 22.6 Å². The fourth-order valence-electron chi connectivity index (χ4n) is 6.18. The largest absolute Gasteiger partial charge is 0.441 e. The maximum Gasteiger partial charge on any atom is 0.194 e. The van der Waals surface area contributed by atoms with Gasteiger partial charge in [-0.15, -0.1) is 5.10 Å². The molecule has 6 rings (SSSR count). The number of hydrogen-bond donors (Lipinski definition) is 0. The second-order valence-corrected chi connectivity index (χ2v) is 9.75. The van der Waals surface area contributed by atoms with Gasteiger partial charge in [-0.1, -0.05) is 26.8 Å². The Bertz CT molecular complexity index is 1410. The summed E-state index contributed by atoms with van der Waals surface area (Å²) < 4.78 is 34.8. The molecule has 1 saturated carbocycles. The highest BCUT2D eigenvalue weighted by Gasteiger charge is 2.65. The number of nitrogens with zero attached hydrogens (tertiary/aromatic N) is 4. The lowest BCUT2D eigenvalue weighted by Crippen LogP contribution is -2.37. The number of aryl methyl sites for hydroxylation is 1. The summed E-state index contributed by atoms with van der Waals surface area (Å²) in [6, 6.07) is 9.65. The Morgan fingerprint density at radius 2 is 1.85 bits per heavy atom. The van der Waals surface area contributed by atoms with E-state index in [1.165, 1.54) is 18.2 Å². The summed E-state index contributed by atoms with van der Waals surface area (Å²) in [7, 11) is 0. The van der Waals surface area contributed by atoms with E-state index in [0.29, 0.717) is 11.7 Å². The third-order valence-electron chi connectivity index (χ3n) is 7.94. The second-order valence-electron chi connectivity index (χ2n) is 9.75. The normalized spacial score (nSPS) is 22.2. The number of halogens is 2. The van der Waals surface area contributed by atoms with Crippen LogP contribution in [0.25, 0.3) is 22.6 Å². The van der Waals surface area contributed by atoms with Crippen LogP contribution in [0.2, 0.25) is 0 Å². The van der Waals surface area contributed by atoms with Gasteiger partial charge in [0, 0.05) is 18.2 Å². The first-order valence-electron chi connectivity index (χ1n) is 11.6. The number of rotatable bonds is 4. The first-order chi connectivity index (χ1) is 16.4. The maximum atomic E-state index is 14.5. The molecule has 3 heterocycles. The lowest BCUT2D eigenvalue weighted by atomic mass is 9.66. The summed E-state index contributed by atoms with van der Waals surface area (Å²) in [6.07, 6.45) is 6.09. The molecule has 5 nitrogen and oxygen atoms in total. The number of fused-ring (bicyclic) bond motifs is 5. The van der Waals surface area contributed by atoms with E-state index in [0.717, 1.165) is 41.8 Å². The molecule has 0 spiro atoms. The maximum absolute atomic E-state index is 14.5. The zero-order chi connectivity index (χ0) is 23.7. The molecule has 0 amide bonds. The summed E-state index contributed by atoms with van der Waals surface area (Å²) in [4.78, 5) is 9.13. The van der Waals surface area contributed by atoms with Crippen LogP contribution < -0.4 is 0 Å². The highest BCUT2D eigenvalue weighted by atomic mass is 19.1. The molecule has 4 aromatic rings. The third kappa shape index (κ3) is 2.70. The van der Waals surface area contributed by atoms with Crippen LogP contribution in [0.5, 0.6) is 0 Å². The van der Waals surface area contributed by atoms with Gasteiger partial charge in [-0.25, -0.2) is 13.8 Å². The summed E-state index contributed by atoms with van der Waals surface area (Å²) in [5, 5.41) is 8.91. The minimum absolute atomic E-state index is 0.135. The van der Waals surface area contributed by atoms with E-state index in [1.54, 1.807) is 12.4 Å². The standard InChI is InChI=1S/C27H24F2N4O/c1-4-23-31-14-21(34-23)15-9-11-30-22(12-15)27-10-8-17(26(27,2)3)16-13-20(32-33-25(16)27)24-18(28)6-5-7-19(24)29/h5-7,9,11-14,17H,4,8,10H2,1-3H3/t17-,27-/m0/s1. The van der Waals surface area contributed by atoms with Crippen LogP contribution in [0, 0.1) is 17.0 Å². The zero-order valence-corrected chi connectivity index (χ0v) is 19.3. The Kier molecular flexibility index (Phi) is 4.50. The van der Waals surface area contributed by atoms with Gasteiger partial charge < -0.3 is 4.42 Å². The van der Waals surface area contributed by atoms with E-state index in [-0.39, 0.29) is 22.6 Å². The molecule has 2 aliphatic carbocycles. The van der Waals surface area contributed by atoms with Crippen LogP contribution in [0.15, 0.2) is 53.2 Å². The van der Waals surface area contributed by atoms with Crippen molar-refractivity contribution in [1.82, 2.24) is 20.2 Å². The molecule has 2 aliphatic rings. The summed E-state index contributed by atoms with van der Waals surface area (Å²) in [5.41, 5.74) is 3.12. The van der Waals surface area contributed by atoms with Gasteiger partial charge in [-0.2, -0.15) is 5.10 Å². The Balaban J connectivity index is 1.51. The zero-order valence-electron chi connectivity index (χ0n) is 19.3. The minimum Gasteiger partial charge on any atom is -0.441 e. The van der Waals surface area contributed by atoms with E-state index in [2.05, 4.69) is 35.1 Å². The second kappa shape index (κ2) is 7.26. The first-order valence-corrected chi connectivity index (χ1v) is 11.6. The molecule has 2 bridgehead atoms. The van der Waals surface area contributed by atoms with Gasteiger partial charge in [0.25, 0.3) is 0 Å². The molecule has 7 heteroatoms. The molecule has 0 aliphatic heterocycles. The van der Waals surface area contributed by atoms with Crippen molar-refractivity contribution in [2.24, 2.45) is 5.41 Å². The molecule has 0 N–H and O–H groups in total. The van der Waals surface area contributed by atoms with Crippen LogP contribution in [0.4, 0.5) is 8.78 Å². The van der Waals surface area contributed by atoms with E-state index in [9.17, 15) is 8.78 Å². The van der Waals surface area contributed by atoms with Crippen LogP contribution >= 0.6 is 0 Å². The predicted molar refractivity (Wildman–Crippen MR) is 123 cm³/mol. The summed E-state index contributed by atoms with van der Waals surface area (Å²) >= 11 is 0. The highest BCUT2D eigenvalue weighted by molar-refractivity contribution is 5.65. The van der Waals surface area contributed by atoms with Crippen LogP contribution in [0.3, 0.4) is 0 Å². The van der Waals surface area contributed by atoms with Crippen molar-refractivity contribution in [3.05, 3.63) is 83.3 Å². The van der Waals surface area contributed by atoms with E-state index >= 15 is 0 Å². The lowest BCUT2D eigenvalue weighted by molar-refractivity contribution is 0.243. The average molecular weight is 459 g/mol. The van der Waals surface area contributed by atoms with E-state index in [1.807, 2.05) is 19.1 Å². The predicted octanol–water partition coefficient (Wildman–Crippen LogP) is 6.24. The van der Waals surface area contributed by atoms with Gasteiger partial charge >= 0.3 is 0 Å². The number of benzene rings is 1. The molecule has 0 unspecified atom stereocenters. The highest BCUT2D eigenvalue weighted by Crippen LogP contribution is 2.69. The topological polar surface area (TPSA) is 64.7 Å². The van der Waals surface area contributed by atoms with E-state index in [4.69, 9.17) is 9.40 Å². The molecule has 34 heavy (non-hydrogen) atoms. The van der Waals surface area contributed by atoms with Gasteiger partial charge in [0.15, 0.2) is 11.7 Å². The molecule has 3 aromatic heterocycles. The van der Waals surface area contributed by atoms with Gasteiger partial charge in [-0.05, 0) is 60.1 Å². The molecule has 172 valence electrons. The van der Waals surface area contributed by atoms with Crippen molar-refractivity contribution in [2.45, 2.75) is 51.4 Å². The number of aromatic nitrogens is 4. The number of oxazole rings is 1. The quantitative estimate of drug-likeness (QED) is 0.362. The Morgan fingerprint density at radius 1 is 1.06 bits per heavy atom. The van der Waals surface area contributed by atoms with Crippen molar-refractivity contribution in [3.63, 3.8) is 0 Å². The first kappa shape index (κ1) is 21.1. The fourth-order valence-corrected chi connectivity index (χ4v) is 6.18. The van der Waals surface area contributed by atoms with Crippen molar-refractivity contribution in [1.29, 1.82) is 0 Å². The van der Waals surface area contributed by atoms with Crippen molar-refractivity contribution < 1.29 is 13.2 Å². The van der Waals surface area contributed by atoms with Gasteiger partial charge in [0.2, 0.25) is 0 Å². The number of hydrogen-bond acceptors (Lipinski definition) is 5. The third-order valence-corrected chi connectivity index (χ3v) is 7.94. The molecular weight excluding hydrogens is 434 g/mol. The average Bonchev–Trinajstić information content (AvgIpc) is 3.47. The Labute approximate surface area is 196 Å². The molecule has 0 radical (unpaired) electrons. The van der Waals surface area contributed by atoms with Gasteiger partial charge in [-0.3, -0.25) is 4.98 Å². The van der Waals surface area contributed by atoms with Gasteiger partial charge in [0.05, 0.1) is 34.3 Å².